The first kappa shape index (κ1) is 15.8. The fraction of sp³-hybridized carbons (Fsp3) is 0.647. The lowest BCUT2D eigenvalue weighted by molar-refractivity contribution is 0.0759. The summed E-state index contributed by atoms with van der Waals surface area (Å²) in [7, 11) is 0. The van der Waals surface area contributed by atoms with Gasteiger partial charge in [0.05, 0.1) is 5.56 Å². The predicted molar refractivity (Wildman–Crippen MR) is 86.5 cm³/mol. The van der Waals surface area contributed by atoms with Gasteiger partial charge in [0.1, 0.15) is 5.82 Å². The second-order valence-electron chi connectivity index (χ2n) is 6.16. The van der Waals surface area contributed by atoms with Crippen LogP contribution >= 0.6 is 0 Å². The average molecular weight is 289 g/mol. The molecule has 1 aromatic rings. The summed E-state index contributed by atoms with van der Waals surface area (Å²) < 4.78 is 0. The first-order valence-electron chi connectivity index (χ1n) is 8.11. The van der Waals surface area contributed by atoms with E-state index < -0.39 is 0 Å². The number of rotatable bonds is 4. The quantitative estimate of drug-likeness (QED) is 0.924. The zero-order chi connectivity index (χ0) is 15.2. The van der Waals surface area contributed by atoms with Gasteiger partial charge < -0.3 is 10.2 Å². The summed E-state index contributed by atoms with van der Waals surface area (Å²) in [6.07, 6.45) is 5.17. The van der Waals surface area contributed by atoms with E-state index in [1.165, 1.54) is 6.42 Å². The van der Waals surface area contributed by atoms with Crippen LogP contribution in [0.5, 0.6) is 0 Å². The summed E-state index contributed by atoms with van der Waals surface area (Å²) >= 11 is 0. The molecule has 116 valence electrons. The number of carbonyl (C=O) groups excluding carboxylic acids is 1. The van der Waals surface area contributed by atoms with E-state index in [1.54, 1.807) is 6.20 Å². The van der Waals surface area contributed by atoms with Crippen LogP contribution in [0.3, 0.4) is 0 Å². The van der Waals surface area contributed by atoms with Gasteiger partial charge in [-0.3, -0.25) is 4.79 Å². The van der Waals surface area contributed by atoms with Gasteiger partial charge in [-0.05, 0) is 50.2 Å². The van der Waals surface area contributed by atoms with Crippen LogP contribution in [0.1, 0.15) is 50.4 Å². The van der Waals surface area contributed by atoms with Crippen LogP contribution in [0.2, 0.25) is 0 Å². The first-order chi connectivity index (χ1) is 10.1. The molecule has 0 spiro atoms. The first-order valence-corrected chi connectivity index (χ1v) is 8.11. The summed E-state index contributed by atoms with van der Waals surface area (Å²) in [6.45, 7) is 9.08. The van der Waals surface area contributed by atoms with Crippen molar-refractivity contribution in [1.29, 1.82) is 0 Å². The highest BCUT2D eigenvalue weighted by molar-refractivity contribution is 5.98. The van der Waals surface area contributed by atoms with Crippen molar-refractivity contribution in [2.24, 2.45) is 11.8 Å². The molecule has 4 heteroatoms. The highest BCUT2D eigenvalue weighted by Crippen LogP contribution is 2.26. The number of amides is 1. The summed E-state index contributed by atoms with van der Waals surface area (Å²) in [5, 5.41) is 3.18. The molecule has 1 aliphatic heterocycles. The molecule has 1 unspecified atom stereocenters. The number of aromatic nitrogens is 1. The molecular weight excluding hydrogens is 262 g/mol. The molecule has 4 nitrogen and oxygen atoms in total. The fourth-order valence-electron chi connectivity index (χ4n) is 3.05. The summed E-state index contributed by atoms with van der Waals surface area (Å²) in [4.78, 5) is 19.1. The van der Waals surface area contributed by atoms with E-state index in [4.69, 9.17) is 0 Å². The highest BCUT2D eigenvalue weighted by atomic mass is 16.2. The molecule has 1 aromatic heterocycles. The Morgan fingerprint density at radius 1 is 1.43 bits per heavy atom. The van der Waals surface area contributed by atoms with Crippen LogP contribution in [0, 0.1) is 11.8 Å². The SMILES string of the molecule is CCNc1ncccc1C(=O)N1CCCC(C(C)C)CC1. The van der Waals surface area contributed by atoms with Crippen LogP contribution < -0.4 is 5.32 Å². The van der Waals surface area contributed by atoms with Gasteiger partial charge in [-0.1, -0.05) is 13.8 Å². The fourth-order valence-corrected chi connectivity index (χ4v) is 3.05. The van der Waals surface area contributed by atoms with E-state index in [2.05, 4.69) is 24.1 Å². The number of nitrogens with one attached hydrogen (secondary N) is 1. The second kappa shape index (κ2) is 7.43. The smallest absolute Gasteiger partial charge is 0.257 e. The molecule has 0 radical (unpaired) electrons. The Balaban J connectivity index is 2.09. The van der Waals surface area contributed by atoms with Crippen molar-refractivity contribution in [2.45, 2.75) is 40.0 Å². The van der Waals surface area contributed by atoms with Crippen LogP contribution in [0.25, 0.3) is 0 Å². The molecule has 0 bridgehead atoms. The molecule has 1 aliphatic rings. The van der Waals surface area contributed by atoms with Crippen LogP contribution in [0.4, 0.5) is 5.82 Å². The number of hydrogen-bond acceptors (Lipinski definition) is 3. The lowest BCUT2D eigenvalue weighted by Gasteiger charge is -2.22. The van der Waals surface area contributed by atoms with E-state index in [9.17, 15) is 4.79 Å². The van der Waals surface area contributed by atoms with Crippen molar-refractivity contribution in [2.75, 3.05) is 25.0 Å². The van der Waals surface area contributed by atoms with Gasteiger partial charge in [-0.15, -0.1) is 0 Å². The topological polar surface area (TPSA) is 45.2 Å². The molecular formula is C17H27N3O. The molecule has 1 N–H and O–H groups in total. The lowest BCUT2D eigenvalue weighted by atomic mass is 9.89. The van der Waals surface area contributed by atoms with Crippen molar-refractivity contribution in [1.82, 2.24) is 9.88 Å². The number of anilines is 1. The van der Waals surface area contributed by atoms with Gasteiger partial charge in [-0.2, -0.15) is 0 Å². The number of likely N-dealkylation sites (tertiary alicyclic amines) is 1. The molecule has 1 fully saturated rings. The second-order valence-corrected chi connectivity index (χ2v) is 6.16. The maximum atomic E-state index is 12.8. The molecule has 2 rings (SSSR count). The van der Waals surface area contributed by atoms with Gasteiger partial charge in [0.2, 0.25) is 0 Å². The Morgan fingerprint density at radius 2 is 2.24 bits per heavy atom. The average Bonchev–Trinajstić information content (AvgIpc) is 2.73. The molecule has 1 atom stereocenters. The van der Waals surface area contributed by atoms with Crippen LogP contribution in [-0.2, 0) is 0 Å². The minimum absolute atomic E-state index is 0.114. The normalized spacial score (nSPS) is 19.4. The van der Waals surface area contributed by atoms with Gasteiger partial charge >= 0.3 is 0 Å². The Bertz CT molecular complexity index is 473. The van der Waals surface area contributed by atoms with Crippen molar-refractivity contribution in [3.8, 4) is 0 Å². The van der Waals surface area contributed by atoms with Gasteiger partial charge in [-0.25, -0.2) is 4.98 Å². The summed E-state index contributed by atoms with van der Waals surface area (Å²) in [6, 6.07) is 3.71. The minimum Gasteiger partial charge on any atom is -0.370 e. The van der Waals surface area contributed by atoms with Crippen molar-refractivity contribution < 1.29 is 4.79 Å². The van der Waals surface area contributed by atoms with Crippen molar-refractivity contribution in [3.05, 3.63) is 23.9 Å². The number of nitrogens with zero attached hydrogens (tertiary/aromatic N) is 2. The summed E-state index contributed by atoms with van der Waals surface area (Å²) in [5.74, 6) is 2.26. The molecule has 21 heavy (non-hydrogen) atoms. The molecule has 2 heterocycles. The van der Waals surface area contributed by atoms with E-state index in [-0.39, 0.29) is 5.91 Å². The van der Waals surface area contributed by atoms with Crippen molar-refractivity contribution in [3.63, 3.8) is 0 Å². The van der Waals surface area contributed by atoms with E-state index in [0.717, 1.165) is 38.4 Å². The van der Waals surface area contributed by atoms with Crippen molar-refractivity contribution >= 4 is 11.7 Å². The Labute approximate surface area is 127 Å². The largest absolute Gasteiger partial charge is 0.370 e. The number of hydrogen-bond donors (Lipinski definition) is 1. The zero-order valence-corrected chi connectivity index (χ0v) is 13.4. The zero-order valence-electron chi connectivity index (χ0n) is 13.4. The van der Waals surface area contributed by atoms with Crippen LogP contribution in [-0.4, -0.2) is 35.4 Å². The third-order valence-electron chi connectivity index (χ3n) is 4.39. The lowest BCUT2D eigenvalue weighted by Crippen LogP contribution is -2.32. The Morgan fingerprint density at radius 3 is 2.95 bits per heavy atom. The highest BCUT2D eigenvalue weighted by Gasteiger charge is 2.24. The number of pyridine rings is 1. The van der Waals surface area contributed by atoms with E-state index in [0.29, 0.717) is 17.3 Å². The Hall–Kier alpha value is -1.58. The molecule has 1 amide bonds. The summed E-state index contributed by atoms with van der Waals surface area (Å²) in [5.41, 5.74) is 0.697. The van der Waals surface area contributed by atoms with Gasteiger partial charge in [0, 0.05) is 25.8 Å². The third kappa shape index (κ3) is 3.96. The minimum atomic E-state index is 0.114. The molecule has 0 aromatic carbocycles. The third-order valence-corrected chi connectivity index (χ3v) is 4.39. The van der Waals surface area contributed by atoms with E-state index >= 15 is 0 Å². The molecule has 0 aliphatic carbocycles. The maximum Gasteiger partial charge on any atom is 0.257 e. The number of carbonyl (C=O) groups is 1. The maximum absolute atomic E-state index is 12.8. The molecule has 1 saturated heterocycles. The van der Waals surface area contributed by atoms with E-state index in [1.807, 2.05) is 24.0 Å². The van der Waals surface area contributed by atoms with Gasteiger partial charge in [0.25, 0.3) is 5.91 Å². The van der Waals surface area contributed by atoms with Gasteiger partial charge in [0.15, 0.2) is 0 Å². The standard InChI is InChI=1S/C17H27N3O/c1-4-18-16-15(8-5-10-19-16)17(21)20-11-6-7-14(9-12-20)13(2)3/h5,8,10,13-14H,4,6-7,9,11-12H2,1-3H3,(H,18,19). The monoisotopic (exact) mass is 289 g/mol. The van der Waals surface area contributed by atoms with Crippen LogP contribution in [0.15, 0.2) is 18.3 Å². The Kier molecular flexibility index (Phi) is 5.59. The predicted octanol–water partition coefficient (Wildman–Crippen LogP) is 3.41. The molecule has 0 saturated carbocycles.